The average Bonchev–Trinajstić information content (AvgIpc) is 3.41. The lowest BCUT2D eigenvalue weighted by Gasteiger charge is -1.92. The second-order valence-corrected chi connectivity index (χ2v) is 7.89. The molecule has 6 rings (SSSR count). The first kappa shape index (κ1) is 14.2. The van der Waals surface area contributed by atoms with Gasteiger partial charge in [0.15, 0.2) is 9.66 Å². The number of thiazole rings is 2. The van der Waals surface area contributed by atoms with E-state index in [1.807, 2.05) is 36.4 Å². The summed E-state index contributed by atoms with van der Waals surface area (Å²) in [5, 5.41) is 4.03. The molecule has 0 saturated heterocycles. The van der Waals surface area contributed by atoms with Crippen molar-refractivity contribution < 1.29 is 8.83 Å². The first-order chi connectivity index (χ1) is 12.9. The highest BCUT2D eigenvalue weighted by molar-refractivity contribution is 7.29. The zero-order valence-corrected chi connectivity index (χ0v) is 14.9. The maximum atomic E-state index is 5.64. The zero-order valence-electron chi connectivity index (χ0n) is 13.3. The van der Waals surface area contributed by atoms with E-state index >= 15 is 0 Å². The maximum absolute atomic E-state index is 5.64. The second-order valence-electron chi connectivity index (χ2n) is 5.94. The monoisotopic (exact) mass is 374 g/mol. The number of benzene rings is 2. The Bertz CT molecular complexity index is 1270. The molecule has 2 aromatic carbocycles. The van der Waals surface area contributed by atoms with Crippen molar-refractivity contribution in [2.75, 3.05) is 0 Å². The number of rotatable bonds is 2. The van der Waals surface area contributed by atoms with Gasteiger partial charge in [-0.1, -0.05) is 59.1 Å². The molecule has 124 valence electrons. The Kier molecular flexibility index (Phi) is 2.88. The van der Waals surface area contributed by atoms with Crippen LogP contribution in [0.1, 0.15) is 0 Å². The van der Waals surface area contributed by atoms with Crippen molar-refractivity contribution in [3.63, 3.8) is 0 Å². The summed E-state index contributed by atoms with van der Waals surface area (Å²) in [7, 11) is 0. The van der Waals surface area contributed by atoms with Gasteiger partial charge in [-0.2, -0.15) is 0 Å². The molecule has 0 aliphatic heterocycles. The fraction of sp³-hybridized carbons (Fsp3) is 0. The lowest BCUT2D eigenvalue weighted by atomic mass is 10.2. The van der Waals surface area contributed by atoms with Crippen molar-refractivity contribution in [2.24, 2.45) is 0 Å². The SMILES string of the molecule is c1ccc2c(-c3nc4sc(-c5coc6ccccc56)nc4s3)coc2c1. The van der Waals surface area contributed by atoms with Crippen LogP contribution in [0.25, 0.3) is 52.7 Å². The van der Waals surface area contributed by atoms with Gasteiger partial charge in [-0.3, -0.25) is 0 Å². The predicted molar refractivity (Wildman–Crippen MR) is 106 cm³/mol. The third-order valence-electron chi connectivity index (χ3n) is 4.40. The van der Waals surface area contributed by atoms with Crippen LogP contribution in [0.5, 0.6) is 0 Å². The third kappa shape index (κ3) is 2.00. The van der Waals surface area contributed by atoms with Crippen LogP contribution in [0.3, 0.4) is 0 Å². The van der Waals surface area contributed by atoms with Crippen LogP contribution in [0, 0.1) is 0 Å². The summed E-state index contributed by atoms with van der Waals surface area (Å²) in [5.74, 6) is 0. The molecule has 4 aromatic heterocycles. The number of fused-ring (bicyclic) bond motifs is 3. The van der Waals surface area contributed by atoms with E-state index in [1.165, 1.54) is 0 Å². The Morgan fingerprint density at radius 3 is 1.58 bits per heavy atom. The van der Waals surface area contributed by atoms with Gasteiger partial charge in [0, 0.05) is 10.8 Å². The van der Waals surface area contributed by atoms with E-state index < -0.39 is 0 Å². The van der Waals surface area contributed by atoms with Gasteiger partial charge in [-0.05, 0) is 12.1 Å². The highest BCUT2D eigenvalue weighted by Gasteiger charge is 2.18. The first-order valence-corrected chi connectivity index (χ1v) is 9.71. The Labute approximate surface area is 155 Å². The number of aromatic nitrogens is 2. The molecule has 0 aliphatic rings. The van der Waals surface area contributed by atoms with E-state index in [0.717, 1.165) is 52.7 Å². The number of hydrogen-bond acceptors (Lipinski definition) is 6. The fourth-order valence-electron chi connectivity index (χ4n) is 3.16. The van der Waals surface area contributed by atoms with E-state index in [0.29, 0.717) is 0 Å². The molecule has 0 N–H and O–H groups in total. The summed E-state index contributed by atoms with van der Waals surface area (Å²) in [6.45, 7) is 0. The number of hydrogen-bond donors (Lipinski definition) is 0. The maximum Gasteiger partial charge on any atom is 0.155 e. The largest absolute Gasteiger partial charge is 0.464 e. The Balaban J connectivity index is 1.49. The van der Waals surface area contributed by atoms with Gasteiger partial charge in [0.1, 0.15) is 33.7 Å². The van der Waals surface area contributed by atoms with E-state index in [-0.39, 0.29) is 0 Å². The molecule has 0 aliphatic carbocycles. The molecule has 6 heteroatoms. The van der Waals surface area contributed by atoms with Crippen LogP contribution in [0.4, 0.5) is 0 Å². The molecule has 0 spiro atoms. The van der Waals surface area contributed by atoms with Crippen molar-refractivity contribution >= 4 is 54.3 Å². The molecule has 6 aromatic rings. The molecule has 0 saturated carbocycles. The lowest BCUT2D eigenvalue weighted by molar-refractivity contribution is 0.616. The van der Waals surface area contributed by atoms with Crippen molar-refractivity contribution in [2.45, 2.75) is 0 Å². The van der Waals surface area contributed by atoms with Crippen molar-refractivity contribution in [1.82, 2.24) is 9.97 Å². The number of furan rings is 2. The summed E-state index contributed by atoms with van der Waals surface area (Å²) >= 11 is 3.18. The van der Waals surface area contributed by atoms with Crippen LogP contribution >= 0.6 is 22.7 Å². The number of nitrogens with zero attached hydrogens (tertiary/aromatic N) is 2. The Morgan fingerprint density at radius 2 is 1.08 bits per heavy atom. The van der Waals surface area contributed by atoms with Crippen LogP contribution in [-0.4, -0.2) is 9.97 Å². The van der Waals surface area contributed by atoms with Crippen LogP contribution in [0.15, 0.2) is 69.9 Å². The quantitative estimate of drug-likeness (QED) is 0.343. The van der Waals surface area contributed by atoms with E-state index in [9.17, 15) is 0 Å². The minimum Gasteiger partial charge on any atom is -0.464 e. The molecule has 0 atom stereocenters. The van der Waals surface area contributed by atoms with Crippen molar-refractivity contribution in [3.8, 4) is 21.1 Å². The minimum atomic E-state index is 0.875. The Morgan fingerprint density at radius 1 is 0.615 bits per heavy atom. The molecular weight excluding hydrogens is 364 g/mol. The number of para-hydroxylation sites is 2. The normalized spacial score (nSPS) is 11.8. The Hall–Kier alpha value is -2.96. The van der Waals surface area contributed by atoms with E-state index in [2.05, 4.69) is 12.1 Å². The van der Waals surface area contributed by atoms with Crippen LogP contribution < -0.4 is 0 Å². The molecule has 4 heterocycles. The smallest absolute Gasteiger partial charge is 0.155 e. The molecular formula is C20H10N2O2S2. The van der Waals surface area contributed by atoms with E-state index in [4.69, 9.17) is 18.8 Å². The zero-order chi connectivity index (χ0) is 17.1. The van der Waals surface area contributed by atoms with Crippen molar-refractivity contribution in [1.29, 1.82) is 0 Å². The summed E-state index contributed by atoms with van der Waals surface area (Å²) < 4.78 is 11.3. The van der Waals surface area contributed by atoms with Crippen molar-refractivity contribution in [3.05, 3.63) is 61.1 Å². The van der Waals surface area contributed by atoms with Crippen LogP contribution in [0.2, 0.25) is 0 Å². The molecule has 0 bridgehead atoms. The minimum absolute atomic E-state index is 0.875. The van der Waals surface area contributed by atoms with Gasteiger partial charge in [0.2, 0.25) is 0 Å². The van der Waals surface area contributed by atoms with Gasteiger partial charge < -0.3 is 8.83 Å². The van der Waals surface area contributed by atoms with Gasteiger partial charge in [-0.25, -0.2) is 9.97 Å². The van der Waals surface area contributed by atoms with Gasteiger partial charge in [-0.15, -0.1) is 0 Å². The summed E-state index contributed by atoms with van der Waals surface area (Å²) in [5.41, 5.74) is 3.79. The van der Waals surface area contributed by atoms with Crippen LogP contribution in [-0.2, 0) is 0 Å². The second kappa shape index (κ2) is 5.27. The lowest BCUT2D eigenvalue weighted by Crippen LogP contribution is -1.73. The third-order valence-corrected chi connectivity index (χ3v) is 6.49. The fourth-order valence-corrected chi connectivity index (χ4v) is 5.24. The van der Waals surface area contributed by atoms with E-state index in [1.54, 1.807) is 35.2 Å². The summed E-state index contributed by atoms with van der Waals surface area (Å²) in [6.07, 6.45) is 3.55. The van der Waals surface area contributed by atoms with Gasteiger partial charge in [0.05, 0.1) is 11.1 Å². The molecule has 0 fully saturated rings. The predicted octanol–water partition coefficient (Wildman–Crippen LogP) is 6.58. The highest BCUT2D eigenvalue weighted by atomic mass is 32.1. The molecule has 26 heavy (non-hydrogen) atoms. The average molecular weight is 374 g/mol. The summed E-state index contributed by atoms with van der Waals surface area (Å²) in [6, 6.07) is 16.0. The topological polar surface area (TPSA) is 52.1 Å². The van der Waals surface area contributed by atoms with Gasteiger partial charge >= 0.3 is 0 Å². The van der Waals surface area contributed by atoms with Gasteiger partial charge in [0.25, 0.3) is 0 Å². The molecule has 0 unspecified atom stereocenters. The molecule has 4 nitrogen and oxygen atoms in total. The first-order valence-electron chi connectivity index (χ1n) is 8.07. The highest BCUT2D eigenvalue weighted by Crippen LogP contribution is 2.41. The molecule has 0 amide bonds. The molecule has 0 radical (unpaired) electrons. The standard InChI is InChI=1S/C20H10N2O2S2/c1-3-7-15-11(5-1)13(9-23-15)17-21-19-20(25-17)22-18(26-19)14-10-24-16-8-4-2-6-12(14)16/h1-10H. The summed E-state index contributed by atoms with van der Waals surface area (Å²) in [4.78, 5) is 11.5.